The minimum atomic E-state index is -0.653. The molecule has 3 aromatic rings. The van der Waals surface area contributed by atoms with Crippen LogP contribution in [0.25, 0.3) is 11.0 Å². The molecule has 0 saturated carbocycles. The molecule has 2 heterocycles. The molecule has 0 spiro atoms. The molecule has 1 aliphatic heterocycles. The van der Waals surface area contributed by atoms with E-state index >= 15 is 0 Å². The number of hydrogen-bond acceptors (Lipinski definition) is 4. The third-order valence-electron chi connectivity index (χ3n) is 5.68. The van der Waals surface area contributed by atoms with Crippen LogP contribution in [0.1, 0.15) is 25.1 Å². The molecule has 1 aliphatic rings. The molecule has 2 aromatic carbocycles. The molecule has 1 fully saturated rings. The van der Waals surface area contributed by atoms with Crippen LogP contribution >= 0.6 is 12.2 Å². The van der Waals surface area contributed by atoms with Gasteiger partial charge in [-0.05, 0) is 49.8 Å². The first-order chi connectivity index (χ1) is 15.5. The van der Waals surface area contributed by atoms with Gasteiger partial charge in [-0.3, -0.25) is 4.90 Å². The molecule has 0 aliphatic carbocycles. The lowest BCUT2D eigenvalue weighted by Crippen LogP contribution is -2.41. The number of furan rings is 1. The molecule has 0 radical (unpaired) electrons. The summed E-state index contributed by atoms with van der Waals surface area (Å²) in [7, 11) is 0. The minimum Gasteiger partial charge on any atom is -0.459 e. The van der Waals surface area contributed by atoms with Crippen LogP contribution in [0.4, 0.5) is 14.5 Å². The van der Waals surface area contributed by atoms with Crippen LogP contribution in [0.2, 0.25) is 0 Å². The zero-order chi connectivity index (χ0) is 22.5. The summed E-state index contributed by atoms with van der Waals surface area (Å²) in [5, 5.41) is 4.41. The molecule has 1 aromatic heterocycles. The van der Waals surface area contributed by atoms with Crippen molar-refractivity contribution in [3.63, 3.8) is 0 Å². The summed E-state index contributed by atoms with van der Waals surface area (Å²) >= 11 is 5.67. The second-order valence-corrected chi connectivity index (χ2v) is 8.34. The van der Waals surface area contributed by atoms with Gasteiger partial charge in [-0.1, -0.05) is 18.2 Å². The van der Waals surface area contributed by atoms with Crippen LogP contribution in [0, 0.1) is 11.6 Å². The summed E-state index contributed by atoms with van der Waals surface area (Å²) in [5.41, 5.74) is 1.09. The first kappa shape index (κ1) is 22.6. The van der Waals surface area contributed by atoms with Crippen LogP contribution < -0.4 is 5.32 Å². The van der Waals surface area contributed by atoms with Crippen LogP contribution in [0.5, 0.6) is 0 Å². The van der Waals surface area contributed by atoms with Gasteiger partial charge in [0.05, 0.1) is 19.3 Å². The lowest BCUT2D eigenvalue weighted by atomic mass is 10.2. The van der Waals surface area contributed by atoms with E-state index < -0.39 is 11.6 Å². The maximum atomic E-state index is 13.7. The molecule has 0 unspecified atom stereocenters. The van der Waals surface area contributed by atoms with Crippen molar-refractivity contribution < 1.29 is 17.9 Å². The van der Waals surface area contributed by atoms with E-state index in [0.717, 1.165) is 62.1 Å². The number of para-hydroxylation sites is 1. The van der Waals surface area contributed by atoms with Gasteiger partial charge < -0.3 is 19.4 Å². The molecular formula is C24H27F2N3O2S. The Bertz CT molecular complexity index is 1020. The lowest BCUT2D eigenvalue weighted by Gasteiger charge is -2.32. The number of anilines is 1. The van der Waals surface area contributed by atoms with Crippen molar-refractivity contribution in [2.45, 2.75) is 19.4 Å². The van der Waals surface area contributed by atoms with Crippen LogP contribution in [-0.4, -0.2) is 54.3 Å². The Labute approximate surface area is 191 Å². The SMILES string of the molecule is C[C@H](c1cc2ccccc2o1)N(CCCN1CCOCC1)C(=S)Nc1cc(F)cc(F)c1. The zero-order valence-electron chi connectivity index (χ0n) is 18.0. The van der Waals surface area contributed by atoms with Gasteiger partial charge in [-0.25, -0.2) is 8.78 Å². The Morgan fingerprint density at radius 2 is 1.84 bits per heavy atom. The van der Waals surface area contributed by atoms with Crippen molar-refractivity contribution in [2.24, 2.45) is 0 Å². The van der Waals surface area contributed by atoms with Crippen molar-refractivity contribution in [1.82, 2.24) is 9.80 Å². The van der Waals surface area contributed by atoms with E-state index in [4.69, 9.17) is 21.4 Å². The standard InChI is InChI=1S/C24H27F2N3O2S/c1-17(23-13-18-5-2-3-6-22(18)31-23)29(8-4-7-28-9-11-30-12-10-28)24(32)27-21-15-19(25)14-20(26)16-21/h2-3,5-6,13-17H,4,7-12H2,1H3,(H,27,32)/t17-/m1/s1. The van der Waals surface area contributed by atoms with E-state index in [1.54, 1.807) is 0 Å². The summed E-state index contributed by atoms with van der Waals surface area (Å²) in [5.74, 6) is -0.522. The number of morpholine rings is 1. The van der Waals surface area contributed by atoms with Crippen LogP contribution in [0.3, 0.4) is 0 Å². The summed E-state index contributed by atoms with van der Waals surface area (Å²) in [4.78, 5) is 4.38. The quantitative estimate of drug-likeness (QED) is 0.490. The molecule has 5 nitrogen and oxygen atoms in total. The second-order valence-electron chi connectivity index (χ2n) is 7.95. The van der Waals surface area contributed by atoms with E-state index in [1.165, 1.54) is 12.1 Å². The molecule has 1 saturated heterocycles. The number of fused-ring (bicyclic) bond motifs is 1. The topological polar surface area (TPSA) is 40.9 Å². The van der Waals surface area contributed by atoms with Gasteiger partial charge in [-0.2, -0.15) is 0 Å². The number of thiocarbonyl (C=S) groups is 1. The zero-order valence-corrected chi connectivity index (χ0v) is 18.8. The normalized spacial score (nSPS) is 15.6. The second kappa shape index (κ2) is 10.4. The molecule has 170 valence electrons. The van der Waals surface area contributed by atoms with Gasteiger partial charge in [0.15, 0.2) is 5.11 Å². The average molecular weight is 460 g/mol. The van der Waals surface area contributed by atoms with E-state index in [1.807, 2.05) is 42.2 Å². The maximum Gasteiger partial charge on any atom is 0.174 e. The average Bonchev–Trinajstić information content (AvgIpc) is 3.20. The highest BCUT2D eigenvalue weighted by atomic mass is 32.1. The van der Waals surface area contributed by atoms with Crippen LogP contribution in [0.15, 0.2) is 52.9 Å². The van der Waals surface area contributed by atoms with Crippen LogP contribution in [-0.2, 0) is 4.74 Å². The first-order valence-electron chi connectivity index (χ1n) is 10.8. The largest absolute Gasteiger partial charge is 0.459 e. The fourth-order valence-corrected chi connectivity index (χ4v) is 4.31. The third-order valence-corrected chi connectivity index (χ3v) is 6.01. The predicted molar refractivity (Wildman–Crippen MR) is 126 cm³/mol. The molecule has 1 N–H and O–H groups in total. The Morgan fingerprint density at radius 3 is 2.56 bits per heavy atom. The van der Waals surface area contributed by atoms with Gasteiger partial charge in [0, 0.05) is 43.3 Å². The molecule has 1 atom stereocenters. The maximum absolute atomic E-state index is 13.7. The predicted octanol–water partition coefficient (Wildman–Crippen LogP) is 5.19. The number of nitrogens with zero attached hydrogens (tertiary/aromatic N) is 2. The Balaban J connectivity index is 1.51. The van der Waals surface area contributed by atoms with Gasteiger partial charge in [0.25, 0.3) is 0 Å². The van der Waals surface area contributed by atoms with Gasteiger partial charge >= 0.3 is 0 Å². The van der Waals surface area contributed by atoms with Gasteiger partial charge in [0.2, 0.25) is 0 Å². The Kier molecular flexibility index (Phi) is 7.34. The van der Waals surface area contributed by atoms with Crippen molar-refractivity contribution in [3.05, 3.63) is 65.9 Å². The number of nitrogens with one attached hydrogen (secondary N) is 1. The molecular weight excluding hydrogens is 432 g/mol. The molecule has 8 heteroatoms. The molecule has 32 heavy (non-hydrogen) atoms. The molecule has 0 amide bonds. The lowest BCUT2D eigenvalue weighted by molar-refractivity contribution is 0.0365. The minimum absolute atomic E-state index is 0.162. The molecule has 0 bridgehead atoms. The van der Waals surface area contributed by atoms with E-state index in [-0.39, 0.29) is 11.7 Å². The summed E-state index contributed by atoms with van der Waals surface area (Å²) in [6.45, 7) is 6.96. The van der Waals surface area contributed by atoms with E-state index in [0.29, 0.717) is 11.7 Å². The Morgan fingerprint density at radius 1 is 1.12 bits per heavy atom. The number of ether oxygens (including phenoxy) is 1. The van der Waals surface area contributed by atoms with Crippen molar-refractivity contribution in [3.8, 4) is 0 Å². The smallest absolute Gasteiger partial charge is 0.174 e. The van der Waals surface area contributed by atoms with Crippen molar-refractivity contribution in [1.29, 1.82) is 0 Å². The van der Waals surface area contributed by atoms with Gasteiger partial charge in [-0.15, -0.1) is 0 Å². The number of halogens is 2. The highest BCUT2D eigenvalue weighted by Crippen LogP contribution is 2.28. The highest BCUT2D eigenvalue weighted by molar-refractivity contribution is 7.80. The van der Waals surface area contributed by atoms with Gasteiger partial charge in [0.1, 0.15) is 23.0 Å². The highest BCUT2D eigenvalue weighted by Gasteiger charge is 2.23. The number of rotatable bonds is 7. The summed E-state index contributed by atoms with van der Waals surface area (Å²) < 4.78 is 38.8. The fraction of sp³-hybridized carbons (Fsp3) is 0.375. The van der Waals surface area contributed by atoms with E-state index in [9.17, 15) is 8.78 Å². The monoisotopic (exact) mass is 459 g/mol. The third kappa shape index (κ3) is 5.62. The first-order valence-corrected chi connectivity index (χ1v) is 11.2. The summed E-state index contributed by atoms with van der Waals surface area (Å²) in [6, 6.07) is 13.0. The Hall–Kier alpha value is -2.55. The summed E-state index contributed by atoms with van der Waals surface area (Å²) in [6.07, 6.45) is 0.879. The fourth-order valence-electron chi connectivity index (χ4n) is 3.94. The van der Waals surface area contributed by atoms with E-state index in [2.05, 4.69) is 10.2 Å². The number of benzene rings is 2. The number of hydrogen-bond donors (Lipinski definition) is 1. The van der Waals surface area contributed by atoms with Crippen molar-refractivity contribution >= 4 is 34.0 Å². The molecule has 4 rings (SSSR count). The van der Waals surface area contributed by atoms with Crippen molar-refractivity contribution in [2.75, 3.05) is 44.7 Å².